The molecule has 4 heteroatoms. The predicted molar refractivity (Wildman–Crippen MR) is 136 cm³/mol. The number of hydrogen-bond acceptors (Lipinski definition) is 4. The third-order valence-electron chi connectivity index (χ3n) is 6.04. The molecule has 0 fully saturated rings. The molecule has 0 saturated heterocycles. The minimum atomic E-state index is 0.236. The number of phenols is 1. The number of hydrazine groups is 1. The monoisotopic (exact) mass is 419 g/mol. The molecule has 0 heterocycles. The van der Waals surface area contributed by atoms with Crippen molar-refractivity contribution in [3.05, 3.63) is 102 Å². The zero-order valence-corrected chi connectivity index (χ0v) is 18.1. The van der Waals surface area contributed by atoms with Crippen molar-refractivity contribution >= 4 is 44.3 Å². The van der Waals surface area contributed by atoms with Crippen LogP contribution in [-0.4, -0.2) is 5.11 Å². The molecule has 5 aromatic rings. The molecule has 0 unspecified atom stereocenters. The van der Waals surface area contributed by atoms with Crippen molar-refractivity contribution in [1.82, 2.24) is 0 Å². The molecule has 0 aliphatic rings. The maximum absolute atomic E-state index is 10.8. The normalized spacial score (nSPS) is 11.1. The Morgan fingerprint density at radius 1 is 0.750 bits per heavy atom. The fraction of sp³-hybridized carbons (Fsp3) is 0.0714. The highest BCUT2D eigenvalue weighted by molar-refractivity contribution is 6.04. The lowest BCUT2D eigenvalue weighted by molar-refractivity contribution is 0.481. The Balaban J connectivity index is 1.76. The molecule has 32 heavy (non-hydrogen) atoms. The van der Waals surface area contributed by atoms with E-state index in [1.165, 1.54) is 11.1 Å². The predicted octanol–water partition coefficient (Wildman–Crippen LogP) is 7.06. The summed E-state index contributed by atoms with van der Waals surface area (Å²) >= 11 is 0. The summed E-state index contributed by atoms with van der Waals surface area (Å²) in [4.78, 5) is 0. The van der Waals surface area contributed by atoms with E-state index in [0.29, 0.717) is 5.69 Å². The van der Waals surface area contributed by atoms with Crippen LogP contribution in [0.3, 0.4) is 0 Å². The molecule has 158 valence electrons. The summed E-state index contributed by atoms with van der Waals surface area (Å²) in [7, 11) is 0. The number of rotatable bonds is 4. The summed E-state index contributed by atoms with van der Waals surface area (Å²) < 4.78 is 0. The van der Waals surface area contributed by atoms with Gasteiger partial charge in [-0.25, -0.2) is 0 Å². The zero-order valence-electron chi connectivity index (χ0n) is 18.1. The Labute approximate surface area is 187 Å². The van der Waals surface area contributed by atoms with Gasteiger partial charge in [-0.1, -0.05) is 60.7 Å². The molecular weight excluding hydrogens is 394 g/mol. The highest BCUT2D eigenvalue weighted by atomic mass is 16.3. The van der Waals surface area contributed by atoms with Crippen LogP contribution in [-0.2, 0) is 0 Å². The number of phenolic OH excluding ortho intramolecular Hbond substituents is 1. The lowest BCUT2D eigenvalue weighted by Crippen LogP contribution is -2.25. The summed E-state index contributed by atoms with van der Waals surface area (Å²) in [6.45, 7) is 4.20. The van der Waals surface area contributed by atoms with Crippen molar-refractivity contribution in [1.29, 1.82) is 0 Å². The number of benzene rings is 5. The van der Waals surface area contributed by atoms with Crippen LogP contribution >= 0.6 is 0 Å². The van der Waals surface area contributed by atoms with E-state index in [2.05, 4.69) is 49.6 Å². The summed E-state index contributed by atoms with van der Waals surface area (Å²) in [5, 5.41) is 16.6. The number of nitrogens with zero attached hydrogens (tertiary/aromatic N) is 1. The number of nitrogen functional groups attached to an aromatic ring is 1. The van der Waals surface area contributed by atoms with E-state index in [-0.39, 0.29) is 5.75 Å². The van der Waals surface area contributed by atoms with Gasteiger partial charge >= 0.3 is 0 Å². The smallest absolute Gasteiger partial charge is 0.125 e. The summed E-state index contributed by atoms with van der Waals surface area (Å²) in [6, 6.07) is 30.0. The molecule has 0 spiro atoms. The van der Waals surface area contributed by atoms with Crippen LogP contribution in [0.15, 0.2) is 91.0 Å². The van der Waals surface area contributed by atoms with Crippen molar-refractivity contribution < 1.29 is 5.11 Å². The first-order valence-electron chi connectivity index (χ1n) is 10.6. The fourth-order valence-corrected chi connectivity index (χ4v) is 4.14. The first kappa shape index (κ1) is 19.8. The molecule has 5 aromatic carbocycles. The van der Waals surface area contributed by atoms with Gasteiger partial charge in [-0.2, -0.15) is 0 Å². The van der Waals surface area contributed by atoms with Crippen molar-refractivity contribution in [2.75, 3.05) is 16.2 Å². The van der Waals surface area contributed by atoms with Crippen LogP contribution in [0, 0.1) is 13.8 Å². The Kier molecular flexibility index (Phi) is 4.83. The molecule has 0 saturated carbocycles. The van der Waals surface area contributed by atoms with Crippen LogP contribution in [0.5, 0.6) is 5.75 Å². The summed E-state index contributed by atoms with van der Waals surface area (Å²) in [5.41, 5.74) is 15.7. The molecule has 0 aliphatic heterocycles. The second kappa shape index (κ2) is 7.82. The average molecular weight is 420 g/mol. The second-order valence-corrected chi connectivity index (χ2v) is 8.12. The summed E-state index contributed by atoms with van der Waals surface area (Å²) in [6.07, 6.45) is 0. The van der Waals surface area contributed by atoms with Gasteiger partial charge in [-0.05, 0) is 66.1 Å². The van der Waals surface area contributed by atoms with Gasteiger partial charge in [0.15, 0.2) is 0 Å². The molecule has 4 N–H and O–H groups in total. The van der Waals surface area contributed by atoms with E-state index in [1.54, 1.807) is 6.07 Å². The number of aromatic hydroxyl groups is 1. The van der Waals surface area contributed by atoms with Crippen LogP contribution < -0.4 is 16.2 Å². The lowest BCUT2D eigenvalue weighted by Gasteiger charge is -2.30. The Bertz CT molecular complexity index is 1450. The number of nitrogens with two attached hydrogens (primary N) is 1. The third kappa shape index (κ3) is 3.36. The maximum Gasteiger partial charge on any atom is 0.125 e. The standard InChI is InChI=1S/C28H25N3O/c1-18-13-15-22(17-19(18)2)31(25-11-5-8-21-9-6-12-26(32)27(21)25)30-28-23-10-4-3-7-20(23)14-16-24(28)29/h3-17,30,32H,29H2,1-2H3. The van der Waals surface area contributed by atoms with Crippen LogP contribution in [0.4, 0.5) is 22.7 Å². The van der Waals surface area contributed by atoms with Gasteiger partial charge in [0, 0.05) is 10.8 Å². The molecule has 4 nitrogen and oxygen atoms in total. The van der Waals surface area contributed by atoms with Gasteiger partial charge in [0.1, 0.15) is 5.75 Å². The van der Waals surface area contributed by atoms with Crippen LogP contribution in [0.1, 0.15) is 11.1 Å². The minimum Gasteiger partial charge on any atom is -0.507 e. The number of nitrogens with one attached hydrogen (secondary N) is 1. The van der Waals surface area contributed by atoms with Gasteiger partial charge in [-0.15, -0.1) is 0 Å². The van der Waals surface area contributed by atoms with Crippen molar-refractivity contribution in [2.24, 2.45) is 0 Å². The molecule has 0 bridgehead atoms. The van der Waals surface area contributed by atoms with Crippen molar-refractivity contribution in [3.8, 4) is 5.75 Å². The molecule has 0 radical (unpaired) electrons. The molecule has 0 atom stereocenters. The van der Waals surface area contributed by atoms with Gasteiger partial charge in [-0.3, -0.25) is 10.4 Å². The molecular formula is C28H25N3O. The number of anilines is 4. The molecule has 5 rings (SSSR count). The van der Waals surface area contributed by atoms with Crippen LogP contribution in [0.2, 0.25) is 0 Å². The Morgan fingerprint density at radius 3 is 2.31 bits per heavy atom. The number of fused-ring (bicyclic) bond motifs is 2. The van der Waals surface area contributed by atoms with E-state index in [9.17, 15) is 5.11 Å². The fourth-order valence-electron chi connectivity index (χ4n) is 4.14. The number of aryl methyl sites for hydroxylation is 2. The first-order chi connectivity index (χ1) is 15.5. The first-order valence-corrected chi connectivity index (χ1v) is 10.6. The third-order valence-corrected chi connectivity index (χ3v) is 6.04. The zero-order chi connectivity index (χ0) is 22.2. The van der Waals surface area contributed by atoms with E-state index in [4.69, 9.17) is 5.73 Å². The topological polar surface area (TPSA) is 61.5 Å². The highest BCUT2D eigenvalue weighted by Gasteiger charge is 2.18. The van der Waals surface area contributed by atoms with E-state index in [0.717, 1.165) is 38.6 Å². The van der Waals surface area contributed by atoms with Crippen LogP contribution in [0.25, 0.3) is 21.5 Å². The molecule has 0 aromatic heterocycles. The Hall–Kier alpha value is -4.18. The van der Waals surface area contributed by atoms with Crippen molar-refractivity contribution in [3.63, 3.8) is 0 Å². The van der Waals surface area contributed by atoms with E-state index >= 15 is 0 Å². The number of hydrogen-bond donors (Lipinski definition) is 3. The maximum atomic E-state index is 10.8. The van der Waals surface area contributed by atoms with E-state index in [1.807, 2.05) is 59.6 Å². The largest absolute Gasteiger partial charge is 0.507 e. The SMILES string of the molecule is Cc1ccc(N(Nc2c(N)ccc3ccccc23)c2cccc3cccc(O)c23)cc1C. The van der Waals surface area contributed by atoms with Gasteiger partial charge < -0.3 is 10.8 Å². The van der Waals surface area contributed by atoms with Gasteiger partial charge in [0.05, 0.1) is 22.7 Å². The highest BCUT2D eigenvalue weighted by Crippen LogP contribution is 2.39. The average Bonchev–Trinajstić information content (AvgIpc) is 2.80. The molecule has 0 amide bonds. The quantitative estimate of drug-likeness (QED) is 0.215. The van der Waals surface area contributed by atoms with Gasteiger partial charge in [0.2, 0.25) is 0 Å². The minimum absolute atomic E-state index is 0.236. The molecule has 0 aliphatic carbocycles. The van der Waals surface area contributed by atoms with Gasteiger partial charge in [0.25, 0.3) is 0 Å². The van der Waals surface area contributed by atoms with E-state index < -0.39 is 0 Å². The lowest BCUT2D eigenvalue weighted by atomic mass is 10.1. The Morgan fingerprint density at radius 2 is 1.50 bits per heavy atom. The second-order valence-electron chi connectivity index (χ2n) is 8.12. The van der Waals surface area contributed by atoms with Crippen molar-refractivity contribution in [2.45, 2.75) is 13.8 Å². The summed E-state index contributed by atoms with van der Waals surface area (Å²) in [5.74, 6) is 0.236.